The molecule has 0 spiro atoms. The van der Waals surface area contributed by atoms with Crippen LogP contribution in [0.3, 0.4) is 0 Å². The van der Waals surface area contributed by atoms with Crippen molar-refractivity contribution in [3.05, 3.63) is 0 Å². The molecule has 15 heavy (non-hydrogen) atoms. The van der Waals surface area contributed by atoms with Crippen LogP contribution in [-0.2, 0) is 14.6 Å². The van der Waals surface area contributed by atoms with E-state index in [0.29, 0.717) is 13.1 Å². The third-order valence-electron chi connectivity index (χ3n) is 2.45. The van der Waals surface area contributed by atoms with E-state index in [4.69, 9.17) is 0 Å². The van der Waals surface area contributed by atoms with Crippen molar-refractivity contribution in [1.82, 2.24) is 10.2 Å². The molecule has 0 aromatic carbocycles. The van der Waals surface area contributed by atoms with Gasteiger partial charge in [-0.2, -0.15) is 0 Å². The number of rotatable bonds is 5. The van der Waals surface area contributed by atoms with E-state index in [1.54, 1.807) is 4.90 Å². The van der Waals surface area contributed by atoms with Crippen molar-refractivity contribution >= 4 is 15.7 Å². The van der Waals surface area contributed by atoms with Crippen LogP contribution in [0.25, 0.3) is 0 Å². The molecular weight excluding hydrogens is 216 g/mol. The minimum Gasteiger partial charge on any atom is -0.325 e. The van der Waals surface area contributed by atoms with Gasteiger partial charge in [0.15, 0.2) is 0 Å². The van der Waals surface area contributed by atoms with Crippen molar-refractivity contribution in [2.45, 2.75) is 25.9 Å². The summed E-state index contributed by atoms with van der Waals surface area (Å²) in [5.41, 5.74) is 0. The average molecular weight is 234 g/mol. The van der Waals surface area contributed by atoms with Crippen LogP contribution in [0.15, 0.2) is 0 Å². The summed E-state index contributed by atoms with van der Waals surface area (Å²) in [6, 6.07) is 0. The molecule has 1 N–H and O–H groups in total. The van der Waals surface area contributed by atoms with E-state index >= 15 is 0 Å². The summed E-state index contributed by atoms with van der Waals surface area (Å²) in [5, 5.41) is 3.08. The number of hydrogen-bond donors (Lipinski definition) is 1. The third kappa shape index (κ3) is 3.79. The number of nitrogens with zero attached hydrogens (tertiary/aromatic N) is 1. The van der Waals surface area contributed by atoms with Gasteiger partial charge in [-0.15, -0.1) is 0 Å². The molecule has 1 rings (SSSR count). The molecule has 0 aromatic rings. The van der Waals surface area contributed by atoms with Gasteiger partial charge in [-0.1, -0.05) is 13.3 Å². The van der Waals surface area contributed by atoms with Crippen molar-refractivity contribution in [2.75, 3.05) is 25.1 Å². The van der Waals surface area contributed by atoms with Gasteiger partial charge < -0.3 is 4.90 Å². The monoisotopic (exact) mass is 234 g/mol. The lowest BCUT2D eigenvalue weighted by Gasteiger charge is -2.23. The predicted molar refractivity (Wildman–Crippen MR) is 58.1 cm³/mol. The van der Waals surface area contributed by atoms with Crippen molar-refractivity contribution in [3.63, 3.8) is 0 Å². The van der Waals surface area contributed by atoms with Gasteiger partial charge in [-0.3, -0.25) is 10.1 Å². The molecule has 0 aliphatic carbocycles. The molecule has 1 amide bonds. The van der Waals surface area contributed by atoms with Gasteiger partial charge in [-0.05, 0) is 6.42 Å². The highest BCUT2D eigenvalue weighted by molar-refractivity contribution is 7.90. The number of hydrogen-bond acceptors (Lipinski definition) is 4. The van der Waals surface area contributed by atoms with Crippen molar-refractivity contribution in [2.24, 2.45) is 0 Å². The normalized spacial score (nSPS) is 22.4. The van der Waals surface area contributed by atoms with Crippen LogP contribution in [0.4, 0.5) is 0 Å². The molecule has 1 unspecified atom stereocenters. The maximum atomic E-state index is 11.4. The van der Waals surface area contributed by atoms with Gasteiger partial charge in [0, 0.05) is 12.8 Å². The molecule has 1 aliphatic heterocycles. The zero-order valence-electron chi connectivity index (χ0n) is 9.19. The Morgan fingerprint density at radius 1 is 1.53 bits per heavy atom. The maximum absolute atomic E-state index is 11.4. The van der Waals surface area contributed by atoms with Gasteiger partial charge in [-0.25, -0.2) is 8.42 Å². The Morgan fingerprint density at radius 3 is 2.73 bits per heavy atom. The van der Waals surface area contributed by atoms with E-state index in [1.807, 2.05) is 6.92 Å². The summed E-state index contributed by atoms with van der Waals surface area (Å²) in [7, 11) is -3.00. The van der Waals surface area contributed by atoms with E-state index in [0.717, 1.165) is 12.8 Å². The molecule has 1 fully saturated rings. The predicted octanol–water partition coefficient (Wildman–Crippen LogP) is -0.411. The van der Waals surface area contributed by atoms with Crippen LogP contribution in [0, 0.1) is 0 Å². The van der Waals surface area contributed by atoms with E-state index in [9.17, 15) is 13.2 Å². The molecule has 6 heteroatoms. The highest BCUT2D eigenvalue weighted by Crippen LogP contribution is 2.10. The first-order valence-electron chi connectivity index (χ1n) is 5.14. The van der Waals surface area contributed by atoms with Gasteiger partial charge in [0.05, 0.1) is 18.5 Å². The second kappa shape index (κ2) is 4.94. The van der Waals surface area contributed by atoms with Gasteiger partial charge >= 0.3 is 0 Å². The second-order valence-electron chi connectivity index (χ2n) is 3.90. The second-order valence-corrected chi connectivity index (χ2v) is 6.16. The SMILES string of the molecule is CCCC1NCC(=O)N1CCS(C)(=O)=O. The van der Waals surface area contributed by atoms with Crippen LogP contribution in [0.1, 0.15) is 19.8 Å². The van der Waals surface area contributed by atoms with Crippen LogP contribution in [-0.4, -0.2) is 50.5 Å². The highest BCUT2D eigenvalue weighted by Gasteiger charge is 2.29. The van der Waals surface area contributed by atoms with Crippen LogP contribution < -0.4 is 5.32 Å². The van der Waals surface area contributed by atoms with Gasteiger partial charge in [0.1, 0.15) is 9.84 Å². The number of carbonyl (C=O) groups is 1. The topological polar surface area (TPSA) is 66.5 Å². The van der Waals surface area contributed by atoms with E-state index in [-0.39, 0.29) is 17.8 Å². The summed E-state index contributed by atoms with van der Waals surface area (Å²) >= 11 is 0. The lowest BCUT2D eigenvalue weighted by Crippen LogP contribution is -2.40. The summed E-state index contributed by atoms with van der Waals surface area (Å²) in [6.07, 6.45) is 3.05. The lowest BCUT2D eigenvalue weighted by molar-refractivity contribution is -0.127. The number of sulfone groups is 1. The van der Waals surface area contributed by atoms with E-state index in [1.165, 1.54) is 6.26 Å². The fraction of sp³-hybridized carbons (Fsp3) is 0.889. The fourth-order valence-electron chi connectivity index (χ4n) is 1.67. The number of amides is 1. The molecule has 1 atom stereocenters. The van der Waals surface area contributed by atoms with Crippen molar-refractivity contribution < 1.29 is 13.2 Å². The highest BCUT2D eigenvalue weighted by atomic mass is 32.2. The van der Waals surface area contributed by atoms with E-state index < -0.39 is 9.84 Å². The zero-order chi connectivity index (χ0) is 11.5. The standard InChI is InChI=1S/C9H18N2O3S/c1-3-4-8-10-7-9(12)11(8)5-6-15(2,13)14/h8,10H,3-7H2,1-2H3. The van der Waals surface area contributed by atoms with Gasteiger partial charge in [0.25, 0.3) is 0 Å². The number of carbonyl (C=O) groups excluding carboxylic acids is 1. The molecule has 0 aromatic heterocycles. The maximum Gasteiger partial charge on any atom is 0.237 e. The fourth-order valence-corrected chi connectivity index (χ4v) is 2.20. The first-order valence-corrected chi connectivity index (χ1v) is 7.20. The molecule has 1 saturated heterocycles. The first-order chi connectivity index (χ1) is 6.94. The average Bonchev–Trinajstić information content (AvgIpc) is 2.44. The van der Waals surface area contributed by atoms with Crippen molar-refractivity contribution in [3.8, 4) is 0 Å². The molecule has 0 radical (unpaired) electrons. The first kappa shape index (κ1) is 12.4. The summed E-state index contributed by atoms with van der Waals surface area (Å²) < 4.78 is 22.0. The Balaban J connectivity index is 2.53. The van der Waals surface area contributed by atoms with Crippen LogP contribution >= 0.6 is 0 Å². The minimum absolute atomic E-state index is 0.00269. The zero-order valence-corrected chi connectivity index (χ0v) is 10.0. The van der Waals surface area contributed by atoms with E-state index in [2.05, 4.69) is 5.32 Å². The summed E-state index contributed by atoms with van der Waals surface area (Å²) in [4.78, 5) is 13.1. The van der Waals surface area contributed by atoms with Crippen LogP contribution in [0.5, 0.6) is 0 Å². The molecule has 1 heterocycles. The molecular formula is C9H18N2O3S. The van der Waals surface area contributed by atoms with Gasteiger partial charge in [0.2, 0.25) is 5.91 Å². The Labute approximate surface area is 90.7 Å². The Morgan fingerprint density at radius 2 is 2.20 bits per heavy atom. The lowest BCUT2D eigenvalue weighted by atomic mass is 10.2. The van der Waals surface area contributed by atoms with Crippen LogP contribution in [0.2, 0.25) is 0 Å². The Kier molecular flexibility index (Phi) is 4.10. The molecule has 1 aliphatic rings. The summed E-state index contributed by atoms with van der Waals surface area (Å²) in [6.45, 7) is 2.67. The Hall–Kier alpha value is -0.620. The largest absolute Gasteiger partial charge is 0.325 e. The molecule has 0 bridgehead atoms. The number of nitrogens with one attached hydrogen (secondary N) is 1. The third-order valence-corrected chi connectivity index (χ3v) is 3.37. The minimum atomic E-state index is -3.00. The Bertz CT molecular complexity index is 326. The molecule has 88 valence electrons. The summed E-state index contributed by atoms with van der Waals surface area (Å²) in [5.74, 6) is 0.0396. The molecule has 0 saturated carbocycles. The molecule has 5 nitrogen and oxygen atoms in total. The smallest absolute Gasteiger partial charge is 0.237 e. The quantitative estimate of drug-likeness (QED) is 0.702. The van der Waals surface area contributed by atoms with Crippen molar-refractivity contribution in [1.29, 1.82) is 0 Å².